The van der Waals surface area contributed by atoms with Gasteiger partial charge in [-0.1, -0.05) is 19.8 Å². The van der Waals surface area contributed by atoms with Crippen LogP contribution in [-0.4, -0.2) is 24.4 Å². The van der Waals surface area contributed by atoms with Gasteiger partial charge in [0, 0.05) is 0 Å². The first-order chi connectivity index (χ1) is 9.56. The number of imidazole rings is 1. The molecule has 124 valence electrons. The fourth-order valence-corrected chi connectivity index (χ4v) is 1.36. The zero-order valence-electron chi connectivity index (χ0n) is 12.0. The second-order valence-electron chi connectivity index (χ2n) is 4.12. The molecular weight excluding hydrogens is 495 g/mol. The summed E-state index contributed by atoms with van der Waals surface area (Å²) in [4.78, 5) is 0. The highest BCUT2D eigenvalue weighted by molar-refractivity contribution is 9.30. The van der Waals surface area contributed by atoms with Crippen molar-refractivity contribution in [3.63, 3.8) is 0 Å². The van der Waals surface area contributed by atoms with Crippen LogP contribution < -0.4 is 4.57 Å². The maximum Gasteiger partial charge on any atom is 0.643 e. The summed E-state index contributed by atoms with van der Waals surface area (Å²) < 4.78 is 4.33. The van der Waals surface area contributed by atoms with E-state index in [9.17, 15) is 0 Å². The van der Waals surface area contributed by atoms with Crippen molar-refractivity contribution >= 4 is 94.2 Å². The van der Waals surface area contributed by atoms with Gasteiger partial charge < -0.3 is 44.2 Å². The Balaban J connectivity index is 0. The molecule has 0 unspecified atom stereocenters. The van der Waals surface area contributed by atoms with Gasteiger partial charge in [0.15, 0.2) is 0 Å². The van der Waals surface area contributed by atoms with Crippen molar-refractivity contribution in [2.45, 2.75) is 39.2 Å². The van der Waals surface area contributed by atoms with Gasteiger partial charge in [-0.25, -0.2) is 39.3 Å². The smallest absolute Gasteiger partial charge is 0.396 e. The van der Waals surface area contributed by atoms with Crippen LogP contribution in [0.1, 0.15) is 32.6 Å². The first kappa shape index (κ1) is 25.7. The van der Waals surface area contributed by atoms with Crippen LogP contribution in [0.3, 0.4) is 0 Å². The summed E-state index contributed by atoms with van der Waals surface area (Å²) in [7, 11) is 29.7. The Hall–Kier alpha value is 2.49. The van der Waals surface area contributed by atoms with Gasteiger partial charge >= 0.3 is 19.9 Å². The number of unbranched alkanes of at least 4 members (excludes halogenated alkanes) is 3. The molecule has 1 rings (SSSR count). The summed E-state index contributed by atoms with van der Waals surface area (Å²) in [5.41, 5.74) is 0. The average molecular weight is 514 g/mol. The van der Waals surface area contributed by atoms with Crippen molar-refractivity contribution in [3.8, 4) is 0 Å². The Morgan fingerprint density at radius 3 is 1.95 bits per heavy atom. The lowest BCUT2D eigenvalue weighted by Crippen LogP contribution is -2.23. The van der Waals surface area contributed by atoms with Crippen LogP contribution in [0.25, 0.3) is 0 Å². The first-order valence-electron chi connectivity index (χ1n) is 6.36. The number of hydrogen-bond acceptors (Lipinski definition) is 0. The zero-order valence-corrected chi connectivity index (χ0v) is 20.4. The van der Waals surface area contributed by atoms with E-state index in [1.807, 2.05) is 0 Å². The summed E-state index contributed by atoms with van der Waals surface area (Å²) in [5, 5.41) is 0. The first-order valence-corrected chi connectivity index (χ1v) is 20.0. The summed E-state index contributed by atoms with van der Waals surface area (Å²) in [6, 6.07) is 0. The fourth-order valence-electron chi connectivity index (χ4n) is 1.36. The third kappa shape index (κ3) is 30.9. The molecule has 0 saturated carbocycles. The van der Waals surface area contributed by atoms with E-state index in [2.05, 4.69) is 55.9 Å². The van der Waals surface area contributed by atoms with Crippen LogP contribution >= 0.6 is 74.3 Å². The normalized spacial score (nSPS) is 10.1. The third-order valence-corrected chi connectivity index (χ3v) is 2.09. The van der Waals surface area contributed by atoms with Gasteiger partial charge in [-0.15, -0.1) is 0 Å². The monoisotopic (exact) mass is 510 g/mol. The Morgan fingerprint density at radius 2 is 1.62 bits per heavy atom. The van der Waals surface area contributed by atoms with Crippen molar-refractivity contribution in [2.24, 2.45) is 7.05 Å². The quantitative estimate of drug-likeness (QED) is 0.255. The second kappa shape index (κ2) is 16.0. The number of nitrogens with zero attached hydrogens (tertiary/aromatic N) is 2. The maximum atomic E-state index is 5.14. The lowest BCUT2D eigenvalue weighted by atomic mass is 10.2. The van der Waals surface area contributed by atoms with Crippen molar-refractivity contribution in [1.29, 1.82) is 0 Å². The van der Waals surface area contributed by atoms with Crippen LogP contribution in [0, 0.1) is 0 Å². The second-order valence-corrected chi connectivity index (χ2v) is 28.3. The van der Waals surface area contributed by atoms with Gasteiger partial charge in [0.25, 0.3) is 0 Å². The molecule has 1 heterocycles. The molecule has 0 aromatic carbocycles. The average Bonchev–Trinajstić information content (AvgIpc) is 2.67. The highest BCUT2D eigenvalue weighted by atomic mass is 79.9. The van der Waals surface area contributed by atoms with E-state index in [-0.39, 0.29) is 0 Å². The van der Waals surface area contributed by atoms with E-state index >= 15 is 0 Å². The molecule has 11 heteroatoms. The minimum Gasteiger partial charge on any atom is -0.396 e. The molecular formula is C10H19Al2BrCl6N2. The van der Waals surface area contributed by atoms with Crippen molar-refractivity contribution in [2.75, 3.05) is 0 Å². The van der Waals surface area contributed by atoms with Gasteiger partial charge in [0.1, 0.15) is 12.4 Å². The Bertz CT molecular complexity index is 340. The molecule has 0 aliphatic carbocycles. The molecule has 0 aliphatic heterocycles. The molecule has 0 radical (unpaired) electrons. The molecule has 0 bridgehead atoms. The number of halogens is 7. The minimum absolute atomic E-state index is 1.17. The van der Waals surface area contributed by atoms with Gasteiger partial charge in [-0.05, 0) is 12.8 Å². The lowest BCUT2D eigenvalue weighted by molar-refractivity contribution is -0.671. The Kier molecular flexibility index (Phi) is 19.6. The predicted octanol–water partition coefficient (Wildman–Crippen LogP) is 6.11. The number of rotatable bonds is 5. The standard InChI is InChI=1S/C10H19N2.2Al.BrH.6ClH/c1-3-4-5-6-7-12-9-8-11(2)10-12;;;;;;;;;/h8-10H,3-7H2,1-2H3;;;7*1H/q+1;2*+3;;;;;;;/p-7. The zero-order chi connectivity index (χ0) is 16.9. The Morgan fingerprint density at radius 1 is 1.14 bits per heavy atom. The Labute approximate surface area is 166 Å². The van der Waals surface area contributed by atoms with E-state index in [4.69, 9.17) is 60.3 Å². The molecule has 0 atom stereocenters. The summed E-state index contributed by atoms with van der Waals surface area (Å²) >= 11 is 1.12. The molecule has 1 aromatic rings. The molecule has 0 spiro atoms. The summed E-state index contributed by atoms with van der Waals surface area (Å²) in [5.74, 6) is 0. The maximum absolute atomic E-state index is 5.14. The molecule has 1 aromatic heterocycles. The third-order valence-electron chi connectivity index (χ3n) is 2.09. The highest BCUT2D eigenvalue weighted by Crippen LogP contribution is 2.25. The van der Waals surface area contributed by atoms with Gasteiger partial charge in [-0.2, -0.15) is 0 Å². The van der Waals surface area contributed by atoms with Crippen molar-refractivity contribution in [1.82, 2.24) is 4.57 Å². The van der Waals surface area contributed by atoms with Gasteiger partial charge in [0.2, 0.25) is 6.33 Å². The highest BCUT2D eigenvalue weighted by Gasteiger charge is 2.13. The molecule has 0 saturated heterocycles. The number of hydrogen-bond donors (Lipinski definition) is 0. The van der Waals surface area contributed by atoms with Crippen LogP contribution in [0.2, 0.25) is 0 Å². The molecule has 0 N–H and O–H groups in total. The van der Waals surface area contributed by atoms with Crippen molar-refractivity contribution < 1.29 is 4.57 Å². The molecule has 0 aliphatic rings. The van der Waals surface area contributed by atoms with E-state index in [1.165, 1.54) is 32.2 Å². The predicted molar refractivity (Wildman–Crippen MR) is 105 cm³/mol. The minimum atomic E-state index is -2.60. The van der Waals surface area contributed by atoms with Crippen LogP contribution in [0.5, 0.6) is 0 Å². The lowest BCUT2D eigenvalue weighted by Gasteiger charge is -1.97. The molecule has 0 fully saturated rings. The van der Waals surface area contributed by atoms with Crippen LogP contribution in [0.4, 0.5) is 0 Å². The van der Waals surface area contributed by atoms with Gasteiger partial charge in [0.05, 0.1) is 13.6 Å². The van der Waals surface area contributed by atoms with Gasteiger partial charge in [-0.3, -0.25) is 0 Å². The summed E-state index contributed by atoms with van der Waals surface area (Å²) in [6.45, 7) is 3.41. The molecule has 21 heavy (non-hydrogen) atoms. The SMILES string of the molecule is CCCCCCn1cc[n+](C)c1.[Cl][Al-]([Cl])([Cl])[Br].[Cl][Al]([Cl])[Cl]. The number of aryl methyl sites for hydroxylation is 2. The van der Waals surface area contributed by atoms with E-state index in [0.29, 0.717) is 0 Å². The number of aromatic nitrogens is 2. The van der Waals surface area contributed by atoms with E-state index < -0.39 is 19.9 Å². The largest absolute Gasteiger partial charge is 0.643 e. The molecule has 0 amide bonds. The van der Waals surface area contributed by atoms with Crippen molar-refractivity contribution in [3.05, 3.63) is 18.7 Å². The summed E-state index contributed by atoms with van der Waals surface area (Å²) in [6.07, 6.45) is 11.7. The van der Waals surface area contributed by atoms with Crippen LogP contribution in [-0.2, 0) is 13.6 Å². The van der Waals surface area contributed by atoms with E-state index in [0.717, 1.165) is 0 Å². The van der Waals surface area contributed by atoms with Crippen LogP contribution in [0.15, 0.2) is 18.7 Å². The van der Waals surface area contributed by atoms with E-state index in [1.54, 1.807) is 0 Å². The fraction of sp³-hybridized carbons (Fsp3) is 0.700. The molecule has 2 nitrogen and oxygen atoms in total. The topological polar surface area (TPSA) is 8.81 Å².